The van der Waals surface area contributed by atoms with Crippen LogP contribution in [0.4, 0.5) is 18.9 Å². The number of amides is 2. The smallest absolute Gasteiger partial charge is 0.369 e. The van der Waals surface area contributed by atoms with Gasteiger partial charge < -0.3 is 11.1 Å². The first-order valence-electron chi connectivity index (χ1n) is 6.76. The van der Waals surface area contributed by atoms with Crippen LogP contribution in [0.25, 0.3) is 0 Å². The number of anilines is 1. The number of primary amides is 1. The molecule has 0 unspecified atom stereocenters. The number of rotatable bonds is 5. The van der Waals surface area contributed by atoms with Crippen molar-refractivity contribution in [3.8, 4) is 0 Å². The van der Waals surface area contributed by atoms with E-state index in [1.807, 2.05) is 0 Å². The minimum atomic E-state index is -4.49. The maximum absolute atomic E-state index is 12.7. The molecule has 0 radical (unpaired) electrons. The lowest BCUT2D eigenvalue weighted by Crippen LogP contribution is -2.16. The number of thioether (sulfide) groups is 1. The van der Waals surface area contributed by atoms with Crippen LogP contribution in [0.5, 0.6) is 0 Å². The van der Waals surface area contributed by atoms with Crippen LogP contribution in [0.2, 0.25) is 0 Å². The van der Waals surface area contributed by atoms with Gasteiger partial charge in [0.05, 0.1) is 16.9 Å². The van der Waals surface area contributed by atoms with Crippen LogP contribution in [0, 0.1) is 0 Å². The zero-order valence-electron chi connectivity index (χ0n) is 12.3. The molecular formula is C16H13F3N2O2S. The van der Waals surface area contributed by atoms with Crippen molar-refractivity contribution in [2.45, 2.75) is 11.1 Å². The van der Waals surface area contributed by atoms with E-state index in [4.69, 9.17) is 5.73 Å². The maximum atomic E-state index is 12.7. The van der Waals surface area contributed by atoms with Gasteiger partial charge in [-0.05, 0) is 30.3 Å². The van der Waals surface area contributed by atoms with Gasteiger partial charge in [0.25, 0.3) is 5.91 Å². The van der Waals surface area contributed by atoms with Gasteiger partial charge in [-0.15, -0.1) is 11.8 Å². The Morgan fingerprint density at radius 2 is 1.79 bits per heavy atom. The lowest BCUT2D eigenvalue weighted by molar-refractivity contribution is -0.137. The molecule has 2 amide bonds. The number of hydrogen-bond acceptors (Lipinski definition) is 3. The summed E-state index contributed by atoms with van der Waals surface area (Å²) in [6, 6.07) is 10.8. The summed E-state index contributed by atoms with van der Waals surface area (Å²) in [4.78, 5) is 23.7. The number of halogens is 3. The summed E-state index contributed by atoms with van der Waals surface area (Å²) in [7, 11) is 0. The Bertz CT molecular complexity index is 763. The van der Waals surface area contributed by atoms with Crippen LogP contribution in [-0.4, -0.2) is 17.6 Å². The Labute approximate surface area is 140 Å². The van der Waals surface area contributed by atoms with E-state index in [2.05, 4.69) is 5.32 Å². The van der Waals surface area contributed by atoms with Crippen LogP contribution in [0.15, 0.2) is 53.4 Å². The highest BCUT2D eigenvalue weighted by molar-refractivity contribution is 8.00. The van der Waals surface area contributed by atoms with Crippen molar-refractivity contribution in [3.05, 3.63) is 59.7 Å². The third-order valence-electron chi connectivity index (χ3n) is 2.95. The van der Waals surface area contributed by atoms with Gasteiger partial charge in [-0.1, -0.05) is 18.2 Å². The van der Waals surface area contributed by atoms with E-state index >= 15 is 0 Å². The molecule has 4 nitrogen and oxygen atoms in total. The van der Waals surface area contributed by atoms with Crippen molar-refractivity contribution in [1.29, 1.82) is 0 Å². The van der Waals surface area contributed by atoms with E-state index in [0.717, 1.165) is 23.9 Å². The summed E-state index contributed by atoms with van der Waals surface area (Å²) in [5.41, 5.74) is 4.51. The molecule has 0 bridgehead atoms. The Morgan fingerprint density at radius 1 is 1.08 bits per heavy atom. The normalized spacial score (nSPS) is 11.1. The SMILES string of the molecule is NC(=O)CSc1ccccc1C(=O)Nc1cccc(C(F)(F)F)c1. The molecule has 0 saturated heterocycles. The molecule has 0 spiro atoms. The average Bonchev–Trinajstić information content (AvgIpc) is 2.52. The van der Waals surface area contributed by atoms with E-state index in [1.54, 1.807) is 18.2 Å². The zero-order chi connectivity index (χ0) is 17.7. The highest BCUT2D eigenvalue weighted by atomic mass is 32.2. The minimum absolute atomic E-state index is 0.00610. The van der Waals surface area contributed by atoms with Crippen molar-refractivity contribution in [3.63, 3.8) is 0 Å². The molecule has 0 heterocycles. The van der Waals surface area contributed by atoms with Crippen molar-refractivity contribution in [1.82, 2.24) is 0 Å². The average molecular weight is 354 g/mol. The third-order valence-corrected chi connectivity index (χ3v) is 4.05. The van der Waals surface area contributed by atoms with E-state index in [0.29, 0.717) is 4.90 Å². The summed E-state index contributed by atoms with van der Waals surface area (Å²) in [5.74, 6) is -1.11. The molecular weight excluding hydrogens is 341 g/mol. The first-order valence-corrected chi connectivity index (χ1v) is 7.74. The number of nitrogens with two attached hydrogens (primary N) is 1. The summed E-state index contributed by atoms with van der Waals surface area (Å²) in [5, 5.41) is 2.43. The second-order valence-corrected chi connectivity index (χ2v) is 5.80. The van der Waals surface area contributed by atoms with Gasteiger partial charge in [0, 0.05) is 10.6 Å². The monoisotopic (exact) mass is 354 g/mol. The molecule has 0 aliphatic heterocycles. The highest BCUT2D eigenvalue weighted by Gasteiger charge is 2.30. The first kappa shape index (κ1) is 17.9. The number of carbonyl (C=O) groups is 2. The molecule has 0 aromatic heterocycles. The predicted octanol–water partition coefficient (Wildman–Crippen LogP) is 3.54. The van der Waals surface area contributed by atoms with Crippen LogP contribution in [-0.2, 0) is 11.0 Å². The topological polar surface area (TPSA) is 72.2 Å². The van der Waals surface area contributed by atoms with Gasteiger partial charge in [-0.25, -0.2) is 0 Å². The Hall–Kier alpha value is -2.48. The first-order chi connectivity index (χ1) is 11.3. The molecule has 0 aliphatic rings. The molecule has 0 atom stereocenters. The van der Waals surface area contributed by atoms with Gasteiger partial charge >= 0.3 is 6.18 Å². The second-order valence-electron chi connectivity index (χ2n) is 4.78. The summed E-state index contributed by atoms with van der Waals surface area (Å²) in [6.07, 6.45) is -4.49. The summed E-state index contributed by atoms with van der Waals surface area (Å²) >= 11 is 1.09. The molecule has 0 aliphatic carbocycles. The number of carbonyl (C=O) groups excluding carboxylic acids is 2. The van der Waals surface area contributed by atoms with Gasteiger partial charge in [0.2, 0.25) is 5.91 Å². The predicted molar refractivity (Wildman–Crippen MR) is 85.8 cm³/mol. The Balaban J connectivity index is 2.20. The van der Waals surface area contributed by atoms with Gasteiger partial charge in [-0.2, -0.15) is 13.2 Å². The number of alkyl halides is 3. The molecule has 0 saturated carbocycles. The van der Waals surface area contributed by atoms with Crippen molar-refractivity contribution in [2.75, 3.05) is 11.1 Å². The van der Waals surface area contributed by atoms with Crippen molar-refractivity contribution >= 4 is 29.3 Å². The van der Waals surface area contributed by atoms with Crippen molar-refractivity contribution in [2.24, 2.45) is 5.73 Å². The second kappa shape index (κ2) is 7.39. The number of benzene rings is 2. The van der Waals surface area contributed by atoms with E-state index in [9.17, 15) is 22.8 Å². The minimum Gasteiger partial charge on any atom is -0.369 e. The third kappa shape index (κ3) is 4.76. The Morgan fingerprint density at radius 3 is 2.46 bits per heavy atom. The number of hydrogen-bond donors (Lipinski definition) is 2. The molecule has 126 valence electrons. The molecule has 2 aromatic rings. The van der Waals surface area contributed by atoms with Crippen LogP contribution in [0.3, 0.4) is 0 Å². The molecule has 8 heteroatoms. The lowest BCUT2D eigenvalue weighted by atomic mass is 10.1. The maximum Gasteiger partial charge on any atom is 0.416 e. The van der Waals surface area contributed by atoms with Crippen molar-refractivity contribution < 1.29 is 22.8 Å². The fourth-order valence-corrected chi connectivity index (χ4v) is 2.69. The van der Waals surface area contributed by atoms with E-state index in [-0.39, 0.29) is 17.0 Å². The molecule has 24 heavy (non-hydrogen) atoms. The lowest BCUT2D eigenvalue weighted by Gasteiger charge is -2.11. The van der Waals surface area contributed by atoms with Gasteiger partial charge in [-0.3, -0.25) is 9.59 Å². The molecule has 0 fully saturated rings. The van der Waals surface area contributed by atoms with Crippen LogP contribution < -0.4 is 11.1 Å². The summed E-state index contributed by atoms with van der Waals surface area (Å²) in [6.45, 7) is 0. The largest absolute Gasteiger partial charge is 0.416 e. The molecule has 2 rings (SSSR count). The van der Waals surface area contributed by atoms with E-state index in [1.165, 1.54) is 18.2 Å². The highest BCUT2D eigenvalue weighted by Crippen LogP contribution is 2.31. The fraction of sp³-hybridized carbons (Fsp3) is 0.125. The molecule has 2 aromatic carbocycles. The van der Waals surface area contributed by atoms with Crippen LogP contribution >= 0.6 is 11.8 Å². The van der Waals surface area contributed by atoms with Gasteiger partial charge in [0.15, 0.2) is 0 Å². The van der Waals surface area contributed by atoms with Crippen LogP contribution in [0.1, 0.15) is 15.9 Å². The van der Waals surface area contributed by atoms with Gasteiger partial charge in [0.1, 0.15) is 0 Å². The molecule has 3 N–H and O–H groups in total. The quantitative estimate of drug-likeness (QED) is 0.807. The summed E-state index contributed by atoms with van der Waals surface area (Å²) < 4.78 is 38.1. The Kier molecular flexibility index (Phi) is 5.50. The number of nitrogens with one attached hydrogen (secondary N) is 1. The standard InChI is InChI=1S/C16H13F3N2O2S/c17-16(18,19)10-4-3-5-11(8-10)21-15(23)12-6-1-2-7-13(12)24-9-14(20)22/h1-8H,9H2,(H2,20,22)(H,21,23). The van der Waals surface area contributed by atoms with E-state index < -0.39 is 23.6 Å². The zero-order valence-corrected chi connectivity index (χ0v) is 13.1. The fourth-order valence-electron chi connectivity index (χ4n) is 1.90.